The molecule has 0 saturated heterocycles. The van der Waals surface area contributed by atoms with Crippen LogP contribution in [-0.2, 0) is 4.79 Å². The quantitative estimate of drug-likeness (QED) is 0.703. The highest BCUT2D eigenvalue weighted by Gasteiger charge is 2.53. The van der Waals surface area contributed by atoms with Gasteiger partial charge in [-0.05, 0) is 36.6 Å². The molecule has 14 heavy (non-hydrogen) atoms. The Hall–Kier alpha value is -0.540. The fraction of sp³-hybridized carbons (Fsp3) is 0.700. The molecule has 0 aromatic carbocycles. The molecule has 4 heteroatoms. The Kier molecular flexibility index (Phi) is 3.22. The van der Waals surface area contributed by atoms with E-state index in [2.05, 4.69) is 12.2 Å². The average Bonchev–Trinajstić information content (AvgIpc) is 2.43. The molecular formula is C10H16ClNO2. The number of aliphatic carboxylic acids is 1. The first-order chi connectivity index (χ1) is 6.18. The second-order valence-corrected chi connectivity index (χ2v) is 4.29. The minimum atomic E-state index is -0.718. The van der Waals surface area contributed by atoms with E-state index in [1.807, 2.05) is 0 Å². The molecule has 0 unspecified atom stereocenters. The maximum absolute atomic E-state index is 10.7. The lowest BCUT2D eigenvalue weighted by Gasteiger charge is -2.51. The molecule has 0 spiro atoms. The zero-order chi connectivity index (χ0) is 9.47. The highest BCUT2D eigenvalue weighted by atomic mass is 35.5. The zero-order valence-corrected chi connectivity index (χ0v) is 8.80. The van der Waals surface area contributed by atoms with E-state index in [1.165, 1.54) is 0 Å². The number of carboxylic acid groups (broad SMARTS) is 1. The normalized spacial score (nSPS) is 38.4. The van der Waals surface area contributed by atoms with E-state index in [0.29, 0.717) is 18.4 Å². The van der Waals surface area contributed by atoms with E-state index in [0.717, 1.165) is 12.8 Å². The van der Waals surface area contributed by atoms with Gasteiger partial charge in [0.15, 0.2) is 0 Å². The Balaban J connectivity index is 0.000000980. The molecule has 0 bridgehead atoms. The predicted octanol–water partition coefficient (Wildman–Crippen LogP) is 1.42. The standard InChI is InChI=1S/C10H15NO2.ClH/c11-6-10(5-9(12)13)4-7-2-1-3-8(7)10;/h1,3,7-8H,2,4-6,11H2,(H,12,13);1H/t7-,8-,10-;/m0./s1. The summed E-state index contributed by atoms with van der Waals surface area (Å²) in [4.78, 5) is 10.7. The minimum Gasteiger partial charge on any atom is -0.481 e. The van der Waals surface area contributed by atoms with E-state index in [-0.39, 0.29) is 24.2 Å². The van der Waals surface area contributed by atoms with E-state index in [9.17, 15) is 4.79 Å². The van der Waals surface area contributed by atoms with Gasteiger partial charge in [-0.1, -0.05) is 12.2 Å². The van der Waals surface area contributed by atoms with Crippen LogP contribution in [0.25, 0.3) is 0 Å². The molecule has 80 valence electrons. The molecule has 3 N–H and O–H groups in total. The van der Waals surface area contributed by atoms with E-state index < -0.39 is 5.97 Å². The summed E-state index contributed by atoms with van der Waals surface area (Å²) in [5.41, 5.74) is 5.55. The second kappa shape index (κ2) is 3.91. The van der Waals surface area contributed by atoms with Crippen molar-refractivity contribution in [1.82, 2.24) is 0 Å². The Labute approximate surface area is 89.8 Å². The van der Waals surface area contributed by atoms with Gasteiger partial charge in [0.1, 0.15) is 0 Å². The van der Waals surface area contributed by atoms with Crippen LogP contribution in [0.2, 0.25) is 0 Å². The van der Waals surface area contributed by atoms with Crippen molar-refractivity contribution in [2.75, 3.05) is 6.54 Å². The fourth-order valence-corrected chi connectivity index (χ4v) is 2.90. The molecule has 1 fully saturated rings. The molecule has 3 nitrogen and oxygen atoms in total. The van der Waals surface area contributed by atoms with Gasteiger partial charge < -0.3 is 10.8 Å². The molecular weight excluding hydrogens is 202 g/mol. The summed E-state index contributed by atoms with van der Waals surface area (Å²) in [6.45, 7) is 0.505. The first kappa shape index (κ1) is 11.5. The minimum absolute atomic E-state index is 0. The lowest BCUT2D eigenvalue weighted by atomic mass is 9.53. The molecule has 2 aliphatic rings. The van der Waals surface area contributed by atoms with Crippen molar-refractivity contribution in [1.29, 1.82) is 0 Å². The molecule has 0 heterocycles. The van der Waals surface area contributed by atoms with E-state index in [4.69, 9.17) is 10.8 Å². The van der Waals surface area contributed by atoms with Gasteiger partial charge in [-0.3, -0.25) is 4.79 Å². The number of carboxylic acids is 1. The second-order valence-electron chi connectivity index (χ2n) is 4.29. The van der Waals surface area contributed by atoms with Crippen LogP contribution >= 0.6 is 12.4 Å². The maximum atomic E-state index is 10.7. The lowest BCUT2D eigenvalue weighted by Crippen LogP contribution is -2.51. The molecule has 0 aromatic rings. The molecule has 0 amide bonds. The summed E-state index contributed by atoms with van der Waals surface area (Å²) in [6, 6.07) is 0. The van der Waals surface area contributed by atoms with Gasteiger partial charge in [-0.25, -0.2) is 0 Å². The van der Waals surface area contributed by atoms with Crippen molar-refractivity contribution < 1.29 is 9.90 Å². The van der Waals surface area contributed by atoms with Crippen molar-refractivity contribution in [3.63, 3.8) is 0 Å². The third-order valence-corrected chi connectivity index (χ3v) is 3.58. The Morgan fingerprint density at radius 2 is 2.36 bits per heavy atom. The van der Waals surface area contributed by atoms with Crippen molar-refractivity contribution in [3.05, 3.63) is 12.2 Å². The van der Waals surface area contributed by atoms with Gasteiger partial charge in [0, 0.05) is 0 Å². The molecule has 3 atom stereocenters. The van der Waals surface area contributed by atoms with Crippen molar-refractivity contribution in [3.8, 4) is 0 Å². The Bertz CT molecular complexity index is 267. The van der Waals surface area contributed by atoms with E-state index in [1.54, 1.807) is 0 Å². The van der Waals surface area contributed by atoms with Crippen molar-refractivity contribution >= 4 is 18.4 Å². The number of fused-ring (bicyclic) bond motifs is 1. The number of halogens is 1. The first-order valence-electron chi connectivity index (χ1n) is 4.76. The summed E-state index contributed by atoms with van der Waals surface area (Å²) in [7, 11) is 0. The number of nitrogens with two attached hydrogens (primary N) is 1. The topological polar surface area (TPSA) is 63.3 Å². The van der Waals surface area contributed by atoms with Crippen LogP contribution in [0.5, 0.6) is 0 Å². The predicted molar refractivity (Wildman–Crippen MR) is 56.3 cm³/mol. The smallest absolute Gasteiger partial charge is 0.303 e. The highest BCUT2D eigenvalue weighted by Crippen LogP contribution is 2.57. The molecule has 1 saturated carbocycles. The van der Waals surface area contributed by atoms with Crippen LogP contribution in [-0.4, -0.2) is 17.6 Å². The SMILES string of the molecule is Cl.NC[C@@]1(CC(=O)O)C[C@@H]2CC=C[C@@H]21. The molecule has 2 rings (SSSR count). The van der Waals surface area contributed by atoms with Crippen molar-refractivity contribution in [2.24, 2.45) is 23.0 Å². The van der Waals surface area contributed by atoms with Gasteiger partial charge in [0.2, 0.25) is 0 Å². The maximum Gasteiger partial charge on any atom is 0.303 e. The lowest BCUT2D eigenvalue weighted by molar-refractivity contribution is -0.144. The number of allylic oxidation sites excluding steroid dienone is 2. The Morgan fingerprint density at radius 1 is 1.64 bits per heavy atom. The van der Waals surface area contributed by atoms with Gasteiger partial charge in [-0.15, -0.1) is 12.4 Å². The first-order valence-corrected chi connectivity index (χ1v) is 4.76. The Morgan fingerprint density at radius 3 is 2.86 bits per heavy atom. The number of rotatable bonds is 3. The zero-order valence-electron chi connectivity index (χ0n) is 7.98. The number of hydrogen-bond acceptors (Lipinski definition) is 2. The van der Waals surface area contributed by atoms with Gasteiger partial charge >= 0.3 is 5.97 Å². The van der Waals surface area contributed by atoms with Crippen LogP contribution < -0.4 is 5.73 Å². The average molecular weight is 218 g/mol. The third-order valence-electron chi connectivity index (χ3n) is 3.58. The fourth-order valence-electron chi connectivity index (χ4n) is 2.90. The van der Waals surface area contributed by atoms with Crippen LogP contribution in [0.3, 0.4) is 0 Å². The van der Waals surface area contributed by atoms with Gasteiger partial charge in [0.05, 0.1) is 6.42 Å². The molecule has 0 radical (unpaired) electrons. The van der Waals surface area contributed by atoms with Crippen LogP contribution in [0, 0.1) is 17.3 Å². The summed E-state index contributed by atoms with van der Waals surface area (Å²) in [5.74, 6) is 0.403. The van der Waals surface area contributed by atoms with Gasteiger partial charge in [-0.2, -0.15) is 0 Å². The summed E-state index contributed by atoms with van der Waals surface area (Å²) < 4.78 is 0. The molecule has 0 aromatic heterocycles. The largest absolute Gasteiger partial charge is 0.481 e. The third kappa shape index (κ3) is 1.55. The highest BCUT2D eigenvalue weighted by molar-refractivity contribution is 5.85. The monoisotopic (exact) mass is 217 g/mol. The van der Waals surface area contributed by atoms with E-state index >= 15 is 0 Å². The van der Waals surface area contributed by atoms with Gasteiger partial charge in [0.25, 0.3) is 0 Å². The summed E-state index contributed by atoms with van der Waals surface area (Å²) in [6.07, 6.45) is 6.66. The number of hydrogen-bond donors (Lipinski definition) is 2. The number of carbonyl (C=O) groups is 1. The molecule has 0 aliphatic heterocycles. The van der Waals surface area contributed by atoms with Crippen molar-refractivity contribution in [2.45, 2.75) is 19.3 Å². The van der Waals surface area contributed by atoms with Crippen LogP contribution in [0.1, 0.15) is 19.3 Å². The summed E-state index contributed by atoms with van der Waals surface area (Å²) >= 11 is 0. The summed E-state index contributed by atoms with van der Waals surface area (Å²) in [5, 5.41) is 8.79. The molecule has 2 aliphatic carbocycles. The van der Waals surface area contributed by atoms with Crippen LogP contribution in [0.4, 0.5) is 0 Å². The van der Waals surface area contributed by atoms with Crippen LogP contribution in [0.15, 0.2) is 12.2 Å².